The number of fused-ring (bicyclic) bond motifs is 9. The third-order valence-corrected chi connectivity index (χ3v) is 18.7. The van der Waals surface area contributed by atoms with Gasteiger partial charge in [-0.15, -0.1) is 0 Å². The molecule has 0 radical (unpaired) electrons. The van der Waals surface area contributed by atoms with Crippen LogP contribution in [0.25, 0.3) is 87.6 Å². The molecule has 0 aliphatic carbocycles. The van der Waals surface area contributed by atoms with E-state index in [0.29, 0.717) is 0 Å². The third kappa shape index (κ3) is 6.57. The van der Waals surface area contributed by atoms with Crippen LogP contribution in [0.5, 0.6) is 0 Å². The van der Waals surface area contributed by atoms with Crippen LogP contribution in [0.15, 0.2) is 259 Å². The Kier molecular flexibility index (Phi) is 9.67. The Hall–Kier alpha value is -8.96. The van der Waals surface area contributed by atoms with Gasteiger partial charge in [-0.25, -0.2) is 0 Å². The Morgan fingerprint density at radius 1 is 0.292 bits per heavy atom. The molecule has 1 aliphatic rings. The van der Waals surface area contributed by atoms with E-state index in [1.165, 1.54) is 64.9 Å². The van der Waals surface area contributed by atoms with E-state index in [0.717, 1.165) is 67.2 Å². The molecule has 0 fully saturated rings. The van der Waals surface area contributed by atoms with Crippen LogP contribution in [-0.4, -0.2) is 8.07 Å². The summed E-state index contributed by atoms with van der Waals surface area (Å²) in [5, 5.41) is 12.7. The summed E-state index contributed by atoms with van der Waals surface area (Å²) in [4.78, 5) is 4.92. The topological polar surface area (TPSA) is 19.6 Å². The predicted octanol–water partition coefficient (Wildman–Crippen LogP) is 18.1. The molecule has 14 rings (SSSR count). The van der Waals surface area contributed by atoms with Gasteiger partial charge in [-0.2, -0.15) is 0 Å². The van der Waals surface area contributed by atoms with Crippen LogP contribution in [0.1, 0.15) is 0 Å². The third-order valence-electron chi connectivity index (χ3n) is 15.2. The maximum absolute atomic E-state index is 6.60. The number of hydrogen-bond acceptors (Lipinski definition) is 3. The van der Waals surface area contributed by atoms with E-state index in [-0.39, 0.29) is 0 Å². The Balaban J connectivity index is 1.01. The van der Waals surface area contributed by atoms with Crippen LogP contribution in [0.3, 0.4) is 0 Å². The fraction of sp³-hybridized carbons (Fsp3) is 0.0294. The van der Waals surface area contributed by atoms with Crippen LogP contribution < -0.4 is 20.2 Å². The van der Waals surface area contributed by atoms with Crippen molar-refractivity contribution in [1.82, 2.24) is 0 Å². The zero-order chi connectivity index (χ0) is 47.9. The molecule has 13 aromatic rings. The summed E-state index contributed by atoms with van der Waals surface area (Å²) in [5.74, 6) is 0. The van der Waals surface area contributed by atoms with Crippen molar-refractivity contribution in [2.24, 2.45) is 0 Å². The van der Waals surface area contributed by atoms with Gasteiger partial charge in [0.2, 0.25) is 0 Å². The maximum Gasteiger partial charge on any atom is 0.137 e. The summed E-state index contributed by atoms with van der Waals surface area (Å²) in [5.41, 5.74) is 15.8. The highest BCUT2D eigenvalue weighted by atomic mass is 28.3. The minimum absolute atomic E-state index is 0.865. The number of furan rings is 1. The van der Waals surface area contributed by atoms with Crippen LogP contribution in [0, 0.1) is 0 Å². The maximum atomic E-state index is 6.60. The van der Waals surface area contributed by atoms with E-state index in [9.17, 15) is 0 Å². The lowest BCUT2D eigenvalue weighted by molar-refractivity contribution is 0.669. The Morgan fingerprint density at radius 3 is 1.56 bits per heavy atom. The standard InChI is InChI=1S/C68H48N2OSi/c1-72(2)66-36-20-32-57-59-44-63(70(62-34-18-15-28-51(62)46-23-8-4-9-24-46)48-37-39-55-54-31-16-19-35-64(54)71-65(55)41-48)53-30-13-12-29-52(53)58(59)43-60(68(57)66)56-40-38-49(42-67(56)72)69(47-25-10-5-11-26-47)61-33-17-14-27-50(61)45-21-6-3-7-22-45/h3-44H,1-2H3. The molecule has 0 unspecified atom stereocenters. The SMILES string of the molecule is C[Si]1(C)c2cc(N(c3ccccc3)c3ccccc3-c3ccccc3)ccc2-c2cc3c4ccccc4c(N(c4ccc5c(c4)oc4ccccc45)c4ccccc4-c4ccccc4)cc3c3cccc1c23. The number of benzene rings is 12. The van der Waals surface area contributed by atoms with Gasteiger partial charge in [-0.1, -0.05) is 195 Å². The molecule has 0 N–H and O–H groups in total. The average molecular weight is 937 g/mol. The van der Waals surface area contributed by atoms with Crippen molar-refractivity contribution in [1.29, 1.82) is 0 Å². The average Bonchev–Trinajstić information content (AvgIpc) is 3.82. The van der Waals surface area contributed by atoms with Gasteiger partial charge in [-0.05, 0) is 126 Å². The molecule has 340 valence electrons. The molecule has 0 spiro atoms. The van der Waals surface area contributed by atoms with Crippen molar-refractivity contribution in [3.8, 4) is 33.4 Å². The first-order valence-corrected chi connectivity index (χ1v) is 27.9. The Labute approximate surface area is 420 Å². The second-order valence-corrected chi connectivity index (χ2v) is 23.9. The molecular weight excluding hydrogens is 889 g/mol. The smallest absolute Gasteiger partial charge is 0.137 e. The molecule has 0 bridgehead atoms. The lowest BCUT2D eigenvalue weighted by Crippen LogP contribution is -2.56. The van der Waals surface area contributed by atoms with Gasteiger partial charge >= 0.3 is 0 Å². The molecule has 0 amide bonds. The van der Waals surface area contributed by atoms with Gasteiger partial charge in [0.15, 0.2) is 0 Å². The second kappa shape index (κ2) is 16.6. The summed E-state index contributed by atoms with van der Waals surface area (Å²) in [6.45, 7) is 5.09. The van der Waals surface area contributed by atoms with Crippen molar-refractivity contribution in [3.05, 3.63) is 255 Å². The monoisotopic (exact) mass is 936 g/mol. The predicted molar refractivity (Wildman–Crippen MR) is 309 cm³/mol. The first-order chi connectivity index (χ1) is 35.5. The lowest BCUT2D eigenvalue weighted by Gasteiger charge is -2.36. The zero-order valence-corrected chi connectivity index (χ0v) is 41.1. The van der Waals surface area contributed by atoms with E-state index in [1.807, 2.05) is 6.07 Å². The molecule has 0 saturated carbocycles. The first-order valence-electron chi connectivity index (χ1n) is 24.9. The number of hydrogen-bond donors (Lipinski definition) is 0. The van der Waals surface area contributed by atoms with E-state index in [1.54, 1.807) is 0 Å². The minimum atomic E-state index is -2.33. The molecule has 2 heterocycles. The van der Waals surface area contributed by atoms with Gasteiger partial charge in [0, 0.05) is 50.4 Å². The summed E-state index contributed by atoms with van der Waals surface area (Å²) < 4.78 is 6.60. The number of anilines is 6. The highest BCUT2D eigenvalue weighted by Crippen LogP contribution is 2.50. The van der Waals surface area contributed by atoms with Crippen LogP contribution in [0.2, 0.25) is 13.1 Å². The number of nitrogens with zero attached hydrogens (tertiary/aromatic N) is 2. The van der Waals surface area contributed by atoms with Crippen molar-refractivity contribution in [3.63, 3.8) is 0 Å². The lowest BCUT2D eigenvalue weighted by atomic mass is 9.89. The molecular formula is C68H48N2OSi. The molecule has 12 aromatic carbocycles. The molecule has 0 saturated heterocycles. The van der Waals surface area contributed by atoms with Gasteiger partial charge < -0.3 is 14.2 Å². The van der Waals surface area contributed by atoms with Crippen LogP contribution in [0.4, 0.5) is 34.1 Å². The zero-order valence-electron chi connectivity index (χ0n) is 40.1. The van der Waals surface area contributed by atoms with Crippen molar-refractivity contribution in [2.75, 3.05) is 9.80 Å². The fourth-order valence-corrected chi connectivity index (χ4v) is 15.0. The summed E-state index contributed by atoms with van der Waals surface area (Å²) in [6.07, 6.45) is 0. The van der Waals surface area contributed by atoms with E-state index < -0.39 is 8.07 Å². The first kappa shape index (κ1) is 42.0. The van der Waals surface area contributed by atoms with E-state index >= 15 is 0 Å². The van der Waals surface area contributed by atoms with Crippen LogP contribution >= 0.6 is 0 Å². The largest absolute Gasteiger partial charge is 0.456 e. The quantitative estimate of drug-likeness (QED) is 0.112. The van der Waals surface area contributed by atoms with Crippen molar-refractivity contribution >= 4 is 107 Å². The molecule has 4 heteroatoms. The Morgan fingerprint density at radius 2 is 0.833 bits per heavy atom. The second-order valence-electron chi connectivity index (χ2n) is 19.6. The normalized spacial score (nSPS) is 12.7. The van der Waals surface area contributed by atoms with Crippen molar-refractivity contribution in [2.45, 2.75) is 13.1 Å². The van der Waals surface area contributed by atoms with Gasteiger partial charge in [0.05, 0.1) is 17.1 Å². The molecule has 0 atom stereocenters. The van der Waals surface area contributed by atoms with Gasteiger partial charge in [-0.3, -0.25) is 0 Å². The summed E-state index contributed by atoms with van der Waals surface area (Å²) in [7, 11) is -2.33. The molecule has 72 heavy (non-hydrogen) atoms. The molecule has 3 nitrogen and oxygen atoms in total. The van der Waals surface area contributed by atoms with E-state index in [2.05, 4.69) is 272 Å². The van der Waals surface area contributed by atoms with Crippen molar-refractivity contribution < 1.29 is 4.42 Å². The highest BCUT2D eigenvalue weighted by molar-refractivity contribution is 7.03. The summed E-state index contributed by atoms with van der Waals surface area (Å²) >= 11 is 0. The van der Waals surface area contributed by atoms with E-state index in [4.69, 9.17) is 4.42 Å². The number of para-hydroxylation sites is 4. The fourth-order valence-electron chi connectivity index (χ4n) is 11.9. The Bertz CT molecular complexity index is 4260. The molecule has 1 aromatic heterocycles. The van der Waals surface area contributed by atoms with Gasteiger partial charge in [0.25, 0.3) is 0 Å². The highest BCUT2D eigenvalue weighted by Gasteiger charge is 2.37. The number of rotatable bonds is 8. The van der Waals surface area contributed by atoms with Crippen LogP contribution in [-0.2, 0) is 0 Å². The minimum Gasteiger partial charge on any atom is -0.456 e. The van der Waals surface area contributed by atoms with Gasteiger partial charge in [0.1, 0.15) is 19.2 Å². The summed E-state index contributed by atoms with van der Waals surface area (Å²) in [6, 6.07) is 93.4. The molecule has 1 aliphatic heterocycles.